The Labute approximate surface area is 147 Å². The van der Waals surface area contributed by atoms with E-state index in [1.54, 1.807) is 11.8 Å². The molecule has 0 N–H and O–H groups in total. The number of hydrogen-bond donors (Lipinski definition) is 0. The molecule has 6 nitrogen and oxygen atoms in total. The molecular weight excluding hydrogens is 324 g/mol. The van der Waals surface area contributed by atoms with E-state index in [2.05, 4.69) is 38.3 Å². The molecule has 2 aromatic rings. The van der Waals surface area contributed by atoms with Gasteiger partial charge >= 0.3 is 0 Å². The number of nitrogens with zero attached hydrogens (tertiary/aromatic N) is 4. The molecular formula is C17H24N4O2S. The van der Waals surface area contributed by atoms with Crippen LogP contribution in [0.25, 0.3) is 0 Å². The molecule has 0 spiro atoms. The maximum absolute atomic E-state index is 5.84. The van der Waals surface area contributed by atoms with Gasteiger partial charge in [0.1, 0.15) is 12.4 Å². The zero-order valence-corrected chi connectivity index (χ0v) is 15.1. The maximum atomic E-state index is 5.84. The highest BCUT2D eigenvalue weighted by Crippen LogP contribution is 2.19. The second-order valence-electron chi connectivity index (χ2n) is 5.88. The van der Waals surface area contributed by atoms with Crippen molar-refractivity contribution in [3.63, 3.8) is 0 Å². The van der Waals surface area contributed by atoms with Crippen molar-refractivity contribution in [2.45, 2.75) is 18.4 Å². The van der Waals surface area contributed by atoms with Crippen LogP contribution in [0.2, 0.25) is 0 Å². The number of piperazine rings is 1. The van der Waals surface area contributed by atoms with Gasteiger partial charge < -0.3 is 9.26 Å². The van der Waals surface area contributed by atoms with E-state index in [4.69, 9.17) is 9.26 Å². The van der Waals surface area contributed by atoms with Crippen molar-refractivity contribution in [1.82, 2.24) is 19.9 Å². The third-order valence-electron chi connectivity index (χ3n) is 4.13. The second kappa shape index (κ2) is 8.50. The minimum absolute atomic E-state index is 0.700. The van der Waals surface area contributed by atoms with E-state index in [0.29, 0.717) is 11.7 Å². The molecule has 1 aromatic heterocycles. The van der Waals surface area contributed by atoms with E-state index in [1.807, 2.05) is 19.1 Å². The van der Waals surface area contributed by atoms with Gasteiger partial charge in [0.15, 0.2) is 5.82 Å². The molecule has 0 saturated carbocycles. The number of ether oxygens (including phenoxy) is 1. The first kappa shape index (κ1) is 17.3. The standard InChI is InChI=1S/C17H24N4O2S/c1-14-18-17(23-19-14)13-21-9-7-20(8-10-21)11-12-22-15-3-5-16(24-2)6-4-15/h3-6H,7-13H2,1-2H3. The minimum atomic E-state index is 0.700. The molecule has 0 bridgehead atoms. The van der Waals surface area contributed by atoms with Crippen LogP contribution in [-0.4, -0.2) is 65.5 Å². The van der Waals surface area contributed by atoms with Crippen LogP contribution in [-0.2, 0) is 6.54 Å². The Morgan fingerprint density at radius 2 is 1.83 bits per heavy atom. The summed E-state index contributed by atoms with van der Waals surface area (Å²) in [6.45, 7) is 8.39. The molecule has 0 amide bonds. The smallest absolute Gasteiger partial charge is 0.240 e. The van der Waals surface area contributed by atoms with Crippen molar-refractivity contribution in [2.75, 3.05) is 45.6 Å². The molecule has 0 unspecified atom stereocenters. The fourth-order valence-electron chi connectivity index (χ4n) is 2.73. The Hall–Kier alpha value is -1.57. The summed E-state index contributed by atoms with van der Waals surface area (Å²) in [6.07, 6.45) is 2.08. The quantitative estimate of drug-likeness (QED) is 0.712. The van der Waals surface area contributed by atoms with Crippen LogP contribution in [0.15, 0.2) is 33.7 Å². The fourth-order valence-corrected chi connectivity index (χ4v) is 3.14. The topological polar surface area (TPSA) is 54.6 Å². The predicted molar refractivity (Wildman–Crippen MR) is 94.5 cm³/mol. The average Bonchev–Trinajstić information content (AvgIpc) is 3.02. The monoisotopic (exact) mass is 348 g/mol. The minimum Gasteiger partial charge on any atom is -0.492 e. The van der Waals surface area contributed by atoms with E-state index in [1.165, 1.54) is 4.90 Å². The molecule has 1 aliphatic heterocycles. The molecule has 2 heterocycles. The predicted octanol–water partition coefficient (Wildman–Crippen LogP) is 2.30. The Morgan fingerprint density at radius 3 is 2.46 bits per heavy atom. The lowest BCUT2D eigenvalue weighted by Gasteiger charge is -2.33. The van der Waals surface area contributed by atoms with Crippen molar-refractivity contribution < 1.29 is 9.26 Å². The van der Waals surface area contributed by atoms with Crippen LogP contribution in [0.5, 0.6) is 5.75 Å². The molecule has 3 rings (SSSR count). The van der Waals surface area contributed by atoms with Gasteiger partial charge in [-0.3, -0.25) is 9.80 Å². The van der Waals surface area contributed by atoms with Crippen molar-refractivity contribution in [3.8, 4) is 5.75 Å². The van der Waals surface area contributed by atoms with E-state index in [-0.39, 0.29) is 0 Å². The first-order valence-corrected chi connectivity index (χ1v) is 9.46. The van der Waals surface area contributed by atoms with E-state index < -0.39 is 0 Å². The van der Waals surface area contributed by atoms with Gasteiger partial charge in [0.25, 0.3) is 0 Å². The summed E-state index contributed by atoms with van der Waals surface area (Å²) in [5.41, 5.74) is 0. The Morgan fingerprint density at radius 1 is 1.12 bits per heavy atom. The van der Waals surface area contributed by atoms with Gasteiger partial charge in [0, 0.05) is 37.6 Å². The summed E-state index contributed by atoms with van der Waals surface area (Å²) in [5.74, 6) is 2.35. The zero-order chi connectivity index (χ0) is 16.8. The number of benzene rings is 1. The van der Waals surface area contributed by atoms with Crippen LogP contribution < -0.4 is 4.74 Å². The lowest BCUT2D eigenvalue weighted by Crippen LogP contribution is -2.47. The van der Waals surface area contributed by atoms with Crippen molar-refractivity contribution in [2.24, 2.45) is 0 Å². The Balaban J connectivity index is 1.34. The van der Waals surface area contributed by atoms with Crippen LogP contribution in [0.1, 0.15) is 11.7 Å². The van der Waals surface area contributed by atoms with Crippen LogP contribution in [0, 0.1) is 6.92 Å². The molecule has 0 radical (unpaired) electrons. The lowest BCUT2D eigenvalue weighted by molar-refractivity contribution is 0.104. The summed E-state index contributed by atoms with van der Waals surface area (Å²) in [6, 6.07) is 8.27. The molecule has 1 aromatic carbocycles. The molecule has 7 heteroatoms. The summed E-state index contributed by atoms with van der Waals surface area (Å²) in [5, 5.41) is 3.84. The second-order valence-corrected chi connectivity index (χ2v) is 6.76. The van der Waals surface area contributed by atoms with Crippen LogP contribution in [0.4, 0.5) is 0 Å². The van der Waals surface area contributed by atoms with Gasteiger partial charge in [-0.1, -0.05) is 5.16 Å². The highest BCUT2D eigenvalue weighted by atomic mass is 32.2. The number of hydrogen-bond acceptors (Lipinski definition) is 7. The molecule has 0 aliphatic carbocycles. The van der Waals surface area contributed by atoms with E-state index >= 15 is 0 Å². The van der Waals surface area contributed by atoms with Gasteiger partial charge in [-0.05, 0) is 37.4 Å². The lowest BCUT2D eigenvalue weighted by atomic mass is 10.3. The van der Waals surface area contributed by atoms with Gasteiger partial charge in [-0.15, -0.1) is 11.8 Å². The number of thioether (sulfide) groups is 1. The SMILES string of the molecule is CSc1ccc(OCCN2CCN(Cc3nc(C)no3)CC2)cc1. The summed E-state index contributed by atoms with van der Waals surface area (Å²) in [4.78, 5) is 10.3. The van der Waals surface area contributed by atoms with E-state index in [9.17, 15) is 0 Å². The van der Waals surface area contributed by atoms with Crippen LogP contribution in [0.3, 0.4) is 0 Å². The number of aromatic nitrogens is 2. The van der Waals surface area contributed by atoms with E-state index in [0.717, 1.165) is 51.6 Å². The third kappa shape index (κ3) is 4.96. The zero-order valence-electron chi connectivity index (χ0n) is 14.3. The van der Waals surface area contributed by atoms with Crippen molar-refractivity contribution in [1.29, 1.82) is 0 Å². The first-order valence-electron chi connectivity index (χ1n) is 8.23. The van der Waals surface area contributed by atoms with Gasteiger partial charge in [0.2, 0.25) is 5.89 Å². The molecule has 1 saturated heterocycles. The Kier molecular flexibility index (Phi) is 6.12. The number of rotatable bonds is 7. The molecule has 1 aliphatic rings. The Bertz CT molecular complexity index is 624. The maximum Gasteiger partial charge on any atom is 0.240 e. The van der Waals surface area contributed by atoms with Gasteiger partial charge in [-0.2, -0.15) is 4.98 Å². The molecule has 24 heavy (non-hydrogen) atoms. The van der Waals surface area contributed by atoms with Gasteiger partial charge in [-0.25, -0.2) is 0 Å². The highest BCUT2D eigenvalue weighted by molar-refractivity contribution is 7.98. The number of aryl methyl sites for hydroxylation is 1. The largest absolute Gasteiger partial charge is 0.492 e. The van der Waals surface area contributed by atoms with Crippen molar-refractivity contribution >= 4 is 11.8 Å². The first-order chi connectivity index (χ1) is 11.7. The average molecular weight is 348 g/mol. The normalized spacial score (nSPS) is 16.4. The van der Waals surface area contributed by atoms with Gasteiger partial charge in [0.05, 0.1) is 6.54 Å². The van der Waals surface area contributed by atoms with Crippen molar-refractivity contribution in [3.05, 3.63) is 36.0 Å². The molecule has 1 fully saturated rings. The third-order valence-corrected chi connectivity index (χ3v) is 4.87. The fraction of sp³-hybridized carbons (Fsp3) is 0.529. The summed E-state index contributed by atoms with van der Waals surface area (Å²) >= 11 is 1.74. The summed E-state index contributed by atoms with van der Waals surface area (Å²) in [7, 11) is 0. The van der Waals surface area contributed by atoms with Crippen LogP contribution >= 0.6 is 11.8 Å². The highest BCUT2D eigenvalue weighted by Gasteiger charge is 2.18. The molecule has 130 valence electrons. The molecule has 0 atom stereocenters. The summed E-state index contributed by atoms with van der Waals surface area (Å²) < 4.78 is 11.0.